The van der Waals surface area contributed by atoms with Gasteiger partial charge >= 0.3 is 0 Å². The first-order valence-corrected chi connectivity index (χ1v) is 7.99. The highest BCUT2D eigenvalue weighted by Gasteiger charge is 2.24. The second kappa shape index (κ2) is 7.17. The molecule has 0 aliphatic carbocycles. The summed E-state index contributed by atoms with van der Waals surface area (Å²) in [6.45, 7) is 4.18. The van der Waals surface area contributed by atoms with Gasteiger partial charge < -0.3 is 9.64 Å². The normalized spacial score (nSPS) is 12.6. The van der Waals surface area contributed by atoms with Gasteiger partial charge in [0.2, 0.25) is 0 Å². The van der Waals surface area contributed by atoms with Gasteiger partial charge in [-0.05, 0) is 30.5 Å². The summed E-state index contributed by atoms with van der Waals surface area (Å²) in [5.41, 5.74) is 2.70. The summed E-state index contributed by atoms with van der Waals surface area (Å²) in [6.07, 6.45) is 2.91. The maximum Gasteiger partial charge on any atom is 0.269 e. The van der Waals surface area contributed by atoms with Crippen LogP contribution in [-0.4, -0.2) is 24.0 Å². The number of anilines is 1. The summed E-state index contributed by atoms with van der Waals surface area (Å²) in [6, 6.07) is 12.2. The molecule has 25 heavy (non-hydrogen) atoms. The largest absolute Gasteiger partial charge is 0.483 e. The number of carbonyl (C=O) groups is 1. The number of para-hydroxylation sites is 1. The molecule has 2 aromatic rings. The number of allylic oxidation sites excluding steroid dienone is 1. The highest BCUT2D eigenvalue weighted by atomic mass is 16.6. The van der Waals surface area contributed by atoms with Crippen molar-refractivity contribution < 1.29 is 14.5 Å². The van der Waals surface area contributed by atoms with Crippen LogP contribution in [-0.2, 0) is 17.6 Å². The molecule has 1 aliphatic rings. The Hall–Kier alpha value is -3.15. The Morgan fingerprint density at radius 1 is 1.32 bits per heavy atom. The number of non-ortho nitro benzene ring substituents is 1. The van der Waals surface area contributed by atoms with E-state index < -0.39 is 4.92 Å². The third-order valence-electron chi connectivity index (χ3n) is 4.16. The number of benzene rings is 2. The molecule has 0 bridgehead atoms. The molecule has 0 saturated carbocycles. The van der Waals surface area contributed by atoms with Gasteiger partial charge in [0.25, 0.3) is 11.6 Å². The minimum atomic E-state index is -0.456. The molecule has 1 amide bonds. The molecule has 1 heterocycles. The zero-order chi connectivity index (χ0) is 17.8. The van der Waals surface area contributed by atoms with Crippen molar-refractivity contribution in [2.45, 2.75) is 12.8 Å². The van der Waals surface area contributed by atoms with Gasteiger partial charge in [-0.1, -0.05) is 24.3 Å². The average Bonchev–Trinajstić information content (AvgIpc) is 3.04. The number of rotatable bonds is 6. The van der Waals surface area contributed by atoms with Crippen LogP contribution < -0.4 is 9.64 Å². The summed E-state index contributed by atoms with van der Waals surface area (Å²) in [7, 11) is 0. The van der Waals surface area contributed by atoms with Gasteiger partial charge in [0.05, 0.1) is 4.92 Å². The lowest BCUT2D eigenvalue weighted by Crippen LogP contribution is -2.33. The minimum absolute atomic E-state index is 0.0102. The van der Waals surface area contributed by atoms with Crippen molar-refractivity contribution in [2.75, 3.05) is 18.1 Å². The van der Waals surface area contributed by atoms with Crippen molar-refractivity contribution in [3.8, 4) is 5.75 Å². The van der Waals surface area contributed by atoms with Crippen LogP contribution in [0.2, 0.25) is 0 Å². The Morgan fingerprint density at radius 3 is 2.88 bits per heavy atom. The molecule has 3 rings (SSSR count). The topological polar surface area (TPSA) is 72.7 Å². The number of fused-ring (bicyclic) bond motifs is 1. The van der Waals surface area contributed by atoms with Gasteiger partial charge in [-0.25, -0.2) is 0 Å². The lowest BCUT2D eigenvalue weighted by atomic mass is 10.1. The lowest BCUT2D eigenvalue weighted by Gasteiger charge is -2.18. The minimum Gasteiger partial charge on any atom is -0.483 e. The van der Waals surface area contributed by atoms with Gasteiger partial charge in [0.1, 0.15) is 5.75 Å². The van der Waals surface area contributed by atoms with E-state index in [1.807, 2.05) is 24.3 Å². The molecule has 0 unspecified atom stereocenters. The smallest absolute Gasteiger partial charge is 0.269 e. The van der Waals surface area contributed by atoms with Gasteiger partial charge in [0.15, 0.2) is 6.61 Å². The molecule has 128 valence electrons. The van der Waals surface area contributed by atoms with Gasteiger partial charge in [-0.2, -0.15) is 0 Å². The number of nitro benzene ring substituents is 1. The van der Waals surface area contributed by atoms with E-state index >= 15 is 0 Å². The molecular formula is C19H18N2O4. The van der Waals surface area contributed by atoms with Crippen LogP contribution in [0.4, 0.5) is 11.4 Å². The summed E-state index contributed by atoms with van der Waals surface area (Å²) < 4.78 is 5.65. The number of nitrogens with zero attached hydrogens (tertiary/aromatic N) is 2. The molecular weight excluding hydrogens is 320 g/mol. The number of carbonyl (C=O) groups excluding carboxylic acids is 1. The third-order valence-corrected chi connectivity index (χ3v) is 4.16. The third kappa shape index (κ3) is 3.52. The van der Waals surface area contributed by atoms with Gasteiger partial charge in [-0.3, -0.25) is 14.9 Å². The molecule has 0 saturated heterocycles. The van der Waals surface area contributed by atoms with E-state index in [1.54, 1.807) is 11.0 Å². The van der Waals surface area contributed by atoms with Crippen LogP contribution in [0, 0.1) is 10.1 Å². The summed E-state index contributed by atoms with van der Waals surface area (Å²) in [5, 5.41) is 10.9. The Bertz CT molecular complexity index is 832. The summed E-state index contributed by atoms with van der Waals surface area (Å²) in [4.78, 5) is 24.7. The SMILES string of the molecule is C=CCc1cc([N+](=O)[O-])ccc1OCC(=O)N1CCc2ccccc21. The van der Waals surface area contributed by atoms with Crippen molar-refractivity contribution in [1.82, 2.24) is 0 Å². The van der Waals surface area contributed by atoms with Gasteiger partial charge in [0, 0.05) is 29.9 Å². The van der Waals surface area contributed by atoms with E-state index in [-0.39, 0.29) is 18.2 Å². The second-order valence-electron chi connectivity index (χ2n) is 5.75. The molecule has 1 aliphatic heterocycles. The fraction of sp³-hybridized carbons (Fsp3) is 0.211. The first-order valence-electron chi connectivity index (χ1n) is 7.99. The number of amides is 1. The fourth-order valence-corrected chi connectivity index (χ4v) is 2.95. The van der Waals surface area contributed by atoms with Crippen LogP contribution >= 0.6 is 0 Å². The molecule has 0 spiro atoms. The van der Waals surface area contributed by atoms with Crippen LogP contribution in [0.5, 0.6) is 5.75 Å². The first-order chi connectivity index (χ1) is 12.1. The lowest BCUT2D eigenvalue weighted by molar-refractivity contribution is -0.384. The molecule has 6 heteroatoms. The van der Waals surface area contributed by atoms with E-state index in [2.05, 4.69) is 6.58 Å². The zero-order valence-electron chi connectivity index (χ0n) is 13.7. The van der Waals surface area contributed by atoms with E-state index in [1.165, 1.54) is 18.2 Å². The zero-order valence-corrected chi connectivity index (χ0v) is 13.7. The van der Waals surface area contributed by atoms with E-state index in [4.69, 9.17) is 4.74 Å². The molecule has 0 N–H and O–H groups in total. The highest BCUT2D eigenvalue weighted by Crippen LogP contribution is 2.28. The van der Waals surface area contributed by atoms with Crippen LogP contribution in [0.15, 0.2) is 55.1 Å². The van der Waals surface area contributed by atoms with Crippen LogP contribution in [0.25, 0.3) is 0 Å². The molecule has 0 aromatic heterocycles. The monoisotopic (exact) mass is 338 g/mol. The quantitative estimate of drug-likeness (QED) is 0.460. The Balaban J connectivity index is 1.72. The van der Waals surface area contributed by atoms with Crippen LogP contribution in [0.1, 0.15) is 11.1 Å². The fourth-order valence-electron chi connectivity index (χ4n) is 2.95. The van der Waals surface area contributed by atoms with Crippen molar-refractivity contribution >= 4 is 17.3 Å². The number of nitro groups is 1. The predicted octanol–water partition coefficient (Wildman–Crippen LogP) is 3.29. The second-order valence-corrected chi connectivity index (χ2v) is 5.75. The van der Waals surface area contributed by atoms with Crippen molar-refractivity contribution in [3.05, 3.63) is 76.4 Å². The Morgan fingerprint density at radius 2 is 2.12 bits per heavy atom. The first kappa shape index (κ1) is 16.7. The molecule has 2 aromatic carbocycles. The number of ether oxygens (including phenoxy) is 1. The van der Waals surface area contributed by atoms with Crippen molar-refractivity contribution in [1.29, 1.82) is 0 Å². The standard InChI is InChI=1S/C19H18N2O4/c1-2-5-15-12-16(21(23)24)8-9-18(15)25-13-19(22)20-11-10-14-6-3-4-7-17(14)20/h2-4,6-9,12H,1,5,10-11,13H2. The number of hydrogen-bond donors (Lipinski definition) is 0. The summed E-state index contributed by atoms with van der Waals surface area (Å²) in [5.74, 6) is 0.333. The summed E-state index contributed by atoms with van der Waals surface area (Å²) >= 11 is 0. The van der Waals surface area contributed by atoms with Gasteiger partial charge in [-0.15, -0.1) is 6.58 Å². The predicted molar refractivity (Wildman–Crippen MR) is 95.0 cm³/mol. The Kier molecular flexibility index (Phi) is 4.79. The molecule has 0 atom stereocenters. The maximum atomic E-state index is 12.5. The molecule has 6 nitrogen and oxygen atoms in total. The number of hydrogen-bond acceptors (Lipinski definition) is 4. The maximum absolute atomic E-state index is 12.5. The van der Waals surface area contributed by atoms with E-state index in [0.29, 0.717) is 24.3 Å². The van der Waals surface area contributed by atoms with E-state index in [0.717, 1.165) is 17.7 Å². The Labute approximate surface area is 145 Å². The van der Waals surface area contributed by atoms with Crippen molar-refractivity contribution in [2.24, 2.45) is 0 Å². The van der Waals surface area contributed by atoms with E-state index in [9.17, 15) is 14.9 Å². The van der Waals surface area contributed by atoms with Crippen molar-refractivity contribution in [3.63, 3.8) is 0 Å². The molecule has 0 radical (unpaired) electrons. The average molecular weight is 338 g/mol. The highest BCUT2D eigenvalue weighted by molar-refractivity contribution is 5.96. The van der Waals surface area contributed by atoms with Crippen LogP contribution in [0.3, 0.4) is 0 Å². The molecule has 0 fully saturated rings.